The first-order valence-corrected chi connectivity index (χ1v) is 4.77. The first-order chi connectivity index (χ1) is 7.46. The van der Waals surface area contributed by atoms with Crippen molar-refractivity contribution in [2.75, 3.05) is 0 Å². The van der Waals surface area contributed by atoms with Crippen LogP contribution in [0.25, 0.3) is 0 Å². The lowest BCUT2D eigenvalue weighted by molar-refractivity contribution is -0.478. The molecule has 4 nitrogen and oxygen atoms in total. The molecule has 0 aliphatic carbocycles. The average molecular weight is 316 g/mol. The molecule has 0 rings (SSSR count). The topological polar surface area (TPSA) is 63.6 Å². The maximum absolute atomic E-state index is 12.3. The van der Waals surface area contributed by atoms with Gasteiger partial charge in [-0.05, 0) is 0 Å². The van der Waals surface area contributed by atoms with E-state index in [4.69, 9.17) is 4.55 Å². The standard InChI is InChI=1S/C4HF9O4S/c5-1(6,3(9,10)18(14,15)16)2(7,8)17-4(11,12)13/h(H,14,15,16). The van der Waals surface area contributed by atoms with Crippen LogP contribution in [0.4, 0.5) is 39.5 Å². The molecule has 0 atom stereocenters. The Morgan fingerprint density at radius 3 is 1.39 bits per heavy atom. The third-order valence-corrected chi connectivity index (χ3v) is 2.20. The molecule has 0 unspecified atom stereocenters. The van der Waals surface area contributed by atoms with Crippen LogP contribution in [0.1, 0.15) is 0 Å². The third-order valence-electron chi connectivity index (χ3n) is 1.30. The van der Waals surface area contributed by atoms with E-state index in [0.29, 0.717) is 0 Å². The molecule has 0 saturated heterocycles. The Morgan fingerprint density at radius 2 is 1.17 bits per heavy atom. The van der Waals surface area contributed by atoms with Gasteiger partial charge in [0.25, 0.3) is 0 Å². The Morgan fingerprint density at radius 1 is 0.833 bits per heavy atom. The van der Waals surface area contributed by atoms with E-state index in [2.05, 4.69) is 0 Å². The Hall–Kier alpha value is -0.760. The van der Waals surface area contributed by atoms with Crippen LogP contribution in [-0.4, -0.2) is 36.6 Å². The lowest BCUT2D eigenvalue weighted by atomic mass is 10.3. The Kier molecular flexibility index (Phi) is 3.95. The SMILES string of the molecule is O=S(=O)(O)C(F)(F)C(F)(F)C(F)(F)OC(F)(F)F. The van der Waals surface area contributed by atoms with E-state index in [1.165, 1.54) is 4.74 Å². The van der Waals surface area contributed by atoms with Gasteiger partial charge in [-0.15, -0.1) is 13.2 Å². The molecule has 0 amide bonds. The maximum Gasteiger partial charge on any atom is 0.527 e. The van der Waals surface area contributed by atoms with Crippen molar-refractivity contribution in [2.24, 2.45) is 0 Å². The van der Waals surface area contributed by atoms with Crippen molar-refractivity contribution in [3.05, 3.63) is 0 Å². The number of rotatable bonds is 4. The van der Waals surface area contributed by atoms with Crippen molar-refractivity contribution in [3.8, 4) is 0 Å². The molecule has 0 aromatic rings. The molecule has 1 N–H and O–H groups in total. The Bertz CT molecular complexity index is 409. The van der Waals surface area contributed by atoms with Gasteiger partial charge >= 0.3 is 33.8 Å². The number of hydrogen-bond acceptors (Lipinski definition) is 3. The summed E-state index contributed by atoms with van der Waals surface area (Å²) in [5.41, 5.74) is 0. The highest BCUT2D eigenvalue weighted by Crippen LogP contribution is 2.50. The van der Waals surface area contributed by atoms with Crippen molar-refractivity contribution < 1.29 is 57.2 Å². The highest BCUT2D eigenvalue weighted by atomic mass is 32.2. The molecule has 0 bridgehead atoms. The van der Waals surface area contributed by atoms with Crippen molar-refractivity contribution in [1.82, 2.24) is 0 Å². The van der Waals surface area contributed by atoms with Crippen LogP contribution in [0, 0.1) is 0 Å². The van der Waals surface area contributed by atoms with Gasteiger partial charge in [-0.3, -0.25) is 4.55 Å². The van der Waals surface area contributed by atoms with Crippen molar-refractivity contribution in [2.45, 2.75) is 23.6 Å². The van der Waals surface area contributed by atoms with Crippen LogP contribution in [-0.2, 0) is 14.9 Å². The van der Waals surface area contributed by atoms with E-state index < -0.39 is 33.8 Å². The molecule has 0 aliphatic heterocycles. The van der Waals surface area contributed by atoms with E-state index in [-0.39, 0.29) is 0 Å². The van der Waals surface area contributed by atoms with Gasteiger partial charge in [-0.2, -0.15) is 34.8 Å². The molecule has 0 saturated carbocycles. The van der Waals surface area contributed by atoms with E-state index in [0.717, 1.165) is 0 Å². The molecule has 0 spiro atoms. The third kappa shape index (κ3) is 2.97. The fourth-order valence-corrected chi connectivity index (χ4v) is 0.984. The number of ether oxygens (including phenoxy) is 1. The van der Waals surface area contributed by atoms with E-state index in [9.17, 15) is 47.9 Å². The van der Waals surface area contributed by atoms with Crippen LogP contribution in [0.15, 0.2) is 0 Å². The van der Waals surface area contributed by atoms with E-state index in [1.54, 1.807) is 0 Å². The van der Waals surface area contributed by atoms with Gasteiger partial charge in [0.15, 0.2) is 0 Å². The second-order valence-corrected chi connectivity index (χ2v) is 4.09. The van der Waals surface area contributed by atoms with Gasteiger partial charge in [0, 0.05) is 0 Å². The lowest BCUT2D eigenvalue weighted by Crippen LogP contribution is -2.59. The fraction of sp³-hybridized carbons (Fsp3) is 1.00. The lowest BCUT2D eigenvalue weighted by Gasteiger charge is -2.30. The second kappa shape index (κ2) is 4.12. The number of hydrogen-bond donors (Lipinski definition) is 1. The zero-order valence-corrected chi connectivity index (χ0v) is 8.30. The first-order valence-electron chi connectivity index (χ1n) is 3.33. The Labute approximate surface area is 92.1 Å². The second-order valence-electron chi connectivity index (χ2n) is 2.63. The highest BCUT2D eigenvalue weighted by molar-refractivity contribution is 7.87. The molecule has 14 heteroatoms. The van der Waals surface area contributed by atoms with E-state index in [1.807, 2.05) is 0 Å². The van der Waals surface area contributed by atoms with Crippen molar-refractivity contribution in [1.29, 1.82) is 0 Å². The summed E-state index contributed by atoms with van der Waals surface area (Å²) in [6, 6.07) is 0. The van der Waals surface area contributed by atoms with Gasteiger partial charge < -0.3 is 0 Å². The molecule has 110 valence electrons. The molecule has 0 aromatic heterocycles. The van der Waals surface area contributed by atoms with Crippen molar-refractivity contribution in [3.63, 3.8) is 0 Å². The van der Waals surface area contributed by atoms with Crippen molar-refractivity contribution >= 4 is 10.1 Å². The average Bonchev–Trinajstić information content (AvgIpc) is 1.95. The summed E-state index contributed by atoms with van der Waals surface area (Å²) in [5.74, 6) is -7.16. The molecule has 0 aromatic carbocycles. The minimum Gasteiger partial charge on any atom is -0.281 e. The molecule has 18 heavy (non-hydrogen) atoms. The molecular formula is C4HF9O4S. The zero-order chi connectivity index (χ0) is 15.2. The normalized spacial score (nSPS) is 15.9. The first kappa shape index (κ1) is 17.2. The van der Waals surface area contributed by atoms with Gasteiger partial charge in [0.1, 0.15) is 0 Å². The minimum atomic E-state index is -7.16. The van der Waals surface area contributed by atoms with Crippen LogP contribution in [0.2, 0.25) is 0 Å². The predicted octanol–water partition coefficient (Wildman–Crippen LogP) is 2.23. The largest absolute Gasteiger partial charge is 0.527 e. The summed E-state index contributed by atoms with van der Waals surface area (Å²) in [6.45, 7) is 0. The van der Waals surface area contributed by atoms with Crippen LogP contribution >= 0.6 is 0 Å². The summed E-state index contributed by atoms with van der Waals surface area (Å²) < 4.78 is 136. The van der Waals surface area contributed by atoms with E-state index >= 15 is 0 Å². The predicted molar refractivity (Wildman–Crippen MR) is 33.5 cm³/mol. The Balaban J connectivity index is 5.65. The molecule has 0 aliphatic rings. The molecular weight excluding hydrogens is 315 g/mol. The summed E-state index contributed by atoms with van der Waals surface area (Å²) in [5, 5.41) is -6.89. The number of halogens is 9. The summed E-state index contributed by atoms with van der Waals surface area (Å²) in [7, 11) is -7.11. The van der Waals surface area contributed by atoms with Gasteiger partial charge in [-0.1, -0.05) is 0 Å². The van der Waals surface area contributed by atoms with Gasteiger partial charge in [0.05, 0.1) is 0 Å². The summed E-state index contributed by atoms with van der Waals surface area (Å²) >= 11 is 0. The smallest absolute Gasteiger partial charge is 0.281 e. The minimum absolute atomic E-state index is 1.43. The summed E-state index contributed by atoms with van der Waals surface area (Å²) in [6.07, 6.45) is -13.4. The van der Waals surface area contributed by atoms with Gasteiger partial charge in [0.2, 0.25) is 0 Å². The monoisotopic (exact) mass is 316 g/mol. The summed E-state index contributed by atoms with van der Waals surface area (Å²) in [4.78, 5) is 0. The molecule has 0 radical (unpaired) electrons. The quantitative estimate of drug-likeness (QED) is 0.638. The van der Waals surface area contributed by atoms with Crippen LogP contribution in [0.5, 0.6) is 0 Å². The molecule has 0 fully saturated rings. The fourth-order valence-electron chi connectivity index (χ4n) is 0.541. The van der Waals surface area contributed by atoms with Gasteiger partial charge in [-0.25, -0.2) is 4.74 Å². The highest BCUT2D eigenvalue weighted by Gasteiger charge is 2.80. The number of alkyl halides is 9. The van der Waals surface area contributed by atoms with Crippen LogP contribution < -0.4 is 0 Å². The zero-order valence-electron chi connectivity index (χ0n) is 7.48. The maximum atomic E-state index is 12.3. The van der Waals surface area contributed by atoms with Crippen LogP contribution in [0.3, 0.4) is 0 Å². The molecule has 0 heterocycles.